The minimum Gasteiger partial charge on any atom is -0.314 e. The van der Waals surface area contributed by atoms with Crippen molar-refractivity contribution in [3.05, 3.63) is 42.2 Å². The van der Waals surface area contributed by atoms with Gasteiger partial charge in [-0.25, -0.2) is 0 Å². The molecule has 1 aromatic carbocycles. The van der Waals surface area contributed by atoms with E-state index in [9.17, 15) is 0 Å². The summed E-state index contributed by atoms with van der Waals surface area (Å²) >= 11 is 0. The van der Waals surface area contributed by atoms with Crippen molar-refractivity contribution in [2.75, 3.05) is 6.54 Å². The average Bonchev–Trinajstić information content (AvgIpc) is 3.22. The van der Waals surface area contributed by atoms with Crippen molar-refractivity contribution in [3.8, 4) is 0 Å². The predicted octanol–water partition coefficient (Wildman–Crippen LogP) is 3.65. The Morgan fingerprint density at radius 1 is 1.26 bits per heavy atom. The van der Waals surface area contributed by atoms with E-state index >= 15 is 0 Å². The van der Waals surface area contributed by atoms with Crippen LogP contribution in [0.1, 0.15) is 38.7 Å². The summed E-state index contributed by atoms with van der Waals surface area (Å²) in [6.07, 6.45) is 7.74. The van der Waals surface area contributed by atoms with E-state index < -0.39 is 0 Å². The first-order valence-corrected chi connectivity index (χ1v) is 7.23. The summed E-state index contributed by atoms with van der Waals surface area (Å²) in [4.78, 5) is 4.22. The van der Waals surface area contributed by atoms with E-state index in [0.717, 1.165) is 12.6 Å². The molecule has 0 radical (unpaired) electrons. The highest BCUT2D eigenvalue weighted by Crippen LogP contribution is 2.32. The number of hydrogen-bond donors (Lipinski definition) is 1. The first kappa shape index (κ1) is 12.6. The topological polar surface area (TPSA) is 24.9 Å². The second-order valence-electron chi connectivity index (χ2n) is 6.26. The largest absolute Gasteiger partial charge is 0.314 e. The van der Waals surface area contributed by atoms with Gasteiger partial charge in [0.2, 0.25) is 0 Å². The lowest BCUT2D eigenvalue weighted by atomic mass is 9.79. The second-order valence-corrected chi connectivity index (χ2v) is 6.26. The maximum Gasteiger partial charge on any atom is 0.0346 e. The Labute approximate surface area is 115 Å². The van der Waals surface area contributed by atoms with Crippen molar-refractivity contribution < 1.29 is 0 Å². The van der Waals surface area contributed by atoms with Gasteiger partial charge in [-0.3, -0.25) is 4.98 Å². The molecule has 1 heterocycles. The normalized spacial score (nSPS) is 15.9. The monoisotopic (exact) mass is 254 g/mol. The summed E-state index contributed by atoms with van der Waals surface area (Å²) in [5.41, 5.74) is 1.63. The van der Waals surface area contributed by atoms with Gasteiger partial charge in [0.25, 0.3) is 0 Å². The Kier molecular flexibility index (Phi) is 3.28. The molecule has 0 amide bonds. The highest BCUT2D eigenvalue weighted by molar-refractivity contribution is 5.85. The molecular formula is C17H22N2. The van der Waals surface area contributed by atoms with E-state index in [1.165, 1.54) is 35.6 Å². The molecule has 0 atom stereocenters. The number of hydrogen-bond acceptors (Lipinski definition) is 2. The molecule has 1 aromatic heterocycles. The molecule has 1 aliphatic carbocycles. The average molecular weight is 254 g/mol. The van der Waals surface area contributed by atoms with E-state index in [4.69, 9.17) is 0 Å². The van der Waals surface area contributed by atoms with Gasteiger partial charge < -0.3 is 5.32 Å². The van der Waals surface area contributed by atoms with Crippen LogP contribution in [-0.2, 0) is 5.41 Å². The fourth-order valence-corrected chi connectivity index (χ4v) is 2.72. The molecule has 0 spiro atoms. The lowest BCUT2D eigenvalue weighted by Gasteiger charge is -2.27. The van der Waals surface area contributed by atoms with Gasteiger partial charge in [0.15, 0.2) is 0 Å². The molecule has 1 N–H and O–H groups in total. The van der Waals surface area contributed by atoms with Crippen LogP contribution >= 0.6 is 0 Å². The third kappa shape index (κ3) is 2.79. The van der Waals surface area contributed by atoms with Gasteiger partial charge in [0.1, 0.15) is 0 Å². The fraction of sp³-hybridized carbons (Fsp3) is 0.471. The van der Waals surface area contributed by atoms with Crippen LogP contribution < -0.4 is 5.32 Å². The molecule has 2 heteroatoms. The summed E-state index contributed by atoms with van der Waals surface area (Å²) in [5.74, 6) is 0. The number of fused-ring (bicyclic) bond motifs is 1. The van der Waals surface area contributed by atoms with Crippen molar-refractivity contribution in [3.63, 3.8) is 0 Å². The van der Waals surface area contributed by atoms with Crippen molar-refractivity contribution in [2.24, 2.45) is 0 Å². The van der Waals surface area contributed by atoms with Gasteiger partial charge in [0.05, 0.1) is 0 Å². The Morgan fingerprint density at radius 3 is 2.89 bits per heavy atom. The lowest BCUT2D eigenvalue weighted by Crippen LogP contribution is -2.26. The molecule has 0 aliphatic heterocycles. The van der Waals surface area contributed by atoms with Gasteiger partial charge in [-0.15, -0.1) is 0 Å². The molecule has 0 bridgehead atoms. The molecule has 1 aliphatic rings. The first-order valence-electron chi connectivity index (χ1n) is 7.23. The molecule has 1 saturated carbocycles. The van der Waals surface area contributed by atoms with Crippen molar-refractivity contribution in [1.29, 1.82) is 0 Å². The number of rotatable bonds is 5. The van der Waals surface area contributed by atoms with E-state index in [-0.39, 0.29) is 5.41 Å². The van der Waals surface area contributed by atoms with Crippen LogP contribution in [-0.4, -0.2) is 17.6 Å². The Bertz CT molecular complexity index is 565. The number of nitrogens with zero attached hydrogens (tertiary/aromatic N) is 1. The third-order valence-corrected chi connectivity index (χ3v) is 4.17. The quantitative estimate of drug-likeness (QED) is 0.881. The zero-order valence-corrected chi connectivity index (χ0v) is 11.8. The molecule has 0 saturated heterocycles. The van der Waals surface area contributed by atoms with Crippen molar-refractivity contribution >= 4 is 10.8 Å². The van der Waals surface area contributed by atoms with E-state index in [1.54, 1.807) is 0 Å². The summed E-state index contributed by atoms with van der Waals surface area (Å²) in [6, 6.07) is 9.49. The summed E-state index contributed by atoms with van der Waals surface area (Å²) in [6.45, 7) is 5.80. The standard InChI is InChI=1S/C17H22N2/c1-17(2,9-11-19-14-6-7-14)16-5-3-4-13-12-18-10-8-15(13)16/h3-5,8,10,12,14,19H,6-7,9,11H2,1-2H3. The summed E-state index contributed by atoms with van der Waals surface area (Å²) < 4.78 is 0. The number of aromatic nitrogens is 1. The van der Waals surface area contributed by atoms with E-state index in [1.807, 2.05) is 12.4 Å². The number of pyridine rings is 1. The van der Waals surface area contributed by atoms with Crippen LogP contribution in [0.25, 0.3) is 10.8 Å². The molecular weight excluding hydrogens is 232 g/mol. The number of benzene rings is 1. The van der Waals surface area contributed by atoms with Gasteiger partial charge in [-0.05, 0) is 48.2 Å². The summed E-state index contributed by atoms with van der Waals surface area (Å²) in [5, 5.41) is 6.20. The molecule has 100 valence electrons. The summed E-state index contributed by atoms with van der Waals surface area (Å²) in [7, 11) is 0. The van der Waals surface area contributed by atoms with Gasteiger partial charge in [-0.2, -0.15) is 0 Å². The molecule has 2 nitrogen and oxygen atoms in total. The second kappa shape index (κ2) is 4.93. The molecule has 19 heavy (non-hydrogen) atoms. The Hall–Kier alpha value is -1.41. The Morgan fingerprint density at radius 2 is 2.11 bits per heavy atom. The zero-order valence-electron chi connectivity index (χ0n) is 11.8. The minimum absolute atomic E-state index is 0.197. The molecule has 3 rings (SSSR count). The van der Waals surface area contributed by atoms with E-state index in [0.29, 0.717) is 0 Å². The van der Waals surface area contributed by atoms with Crippen LogP contribution in [0.5, 0.6) is 0 Å². The number of nitrogens with one attached hydrogen (secondary N) is 1. The molecule has 0 unspecified atom stereocenters. The highest BCUT2D eigenvalue weighted by Gasteiger charge is 2.25. The smallest absolute Gasteiger partial charge is 0.0346 e. The van der Waals surface area contributed by atoms with Gasteiger partial charge in [0, 0.05) is 23.8 Å². The van der Waals surface area contributed by atoms with Crippen LogP contribution in [0.15, 0.2) is 36.7 Å². The fourth-order valence-electron chi connectivity index (χ4n) is 2.72. The predicted molar refractivity (Wildman–Crippen MR) is 80.4 cm³/mol. The van der Waals surface area contributed by atoms with Gasteiger partial charge >= 0.3 is 0 Å². The van der Waals surface area contributed by atoms with Crippen molar-refractivity contribution in [1.82, 2.24) is 10.3 Å². The third-order valence-electron chi connectivity index (χ3n) is 4.17. The minimum atomic E-state index is 0.197. The first-order chi connectivity index (χ1) is 9.17. The van der Waals surface area contributed by atoms with Crippen LogP contribution in [0.3, 0.4) is 0 Å². The van der Waals surface area contributed by atoms with Crippen LogP contribution in [0.4, 0.5) is 0 Å². The van der Waals surface area contributed by atoms with Gasteiger partial charge in [-0.1, -0.05) is 32.0 Å². The zero-order chi connectivity index (χ0) is 13.3. The van der Waals surface area contributed by atoms with Crippen LogP contribution in [0.2, 0.25) is 0 Å². The molecule has 2 aromatic rings. The Balaban J connectivity index is 1.84. The van der Waals surface area contributed by atoms with Crippen LogP contribution in [0, 0.1) is 0 Å². The van der Waals surface area contributed by atoms with Crippen molar-refractivity contribution in [2.45, 2.75) is 44.6 Å². The SMILES string of the molecule is CC(C)(CCNC1CC1)c1cccc2cnccc12. The highest BCUT2D eigenvalue weighted by atomic mass is 14.9. The lowest BCUT2D eigenvalue weighted by molar-refractivity contribution is 0.459. The maximum absolute atomic E-state index is 4.22. The maximum atomic E-state index is 4.22. The van der Waals surface area contributed by atoms with E-state index in [2.05, 4.69) is 48.4 Å². The molecule has 1 fully saturated rings.